The lowest BCUT2D eigenvalue weighted by molar-refractivity contribution is 0.0778. The number of carbonyl (C=O) groups excluding carboxylic acids is 1. The average Bonchev–Trinajstić information content (AvgIpc) is 2.94. The zero-order chi connectivity index (χ0) is 13.9. The molecule has 4 heteroatoms. The summed E-state index contributed by atoms with van der Waals surface area (Å²) in [7, 11) is 1.91. The van der Waals surface area contributed by atoms with E-state index in [0.29, 0.717) is 5.92 Å². The molecule has 0 bridgehead atoms. The van der Waals surface area contributed by atoms with E-state index in [4.69, 9.17) is 0 Å². The molecule has 3 rings (SSSR count). The monoisotopic (exact) mass is 273 g/mol. The van der Waals surface area contributed by atoms with Crippen LogP contribution in [-0.4, -0.2) is 53.9 Å². The Morgan fingerprint density at radius 3 is 2.95 bits per heavy atom. The molecule has 0 N–H and O–H groups in total. The van der Waals surface area contributed by atoms with Gasteiger partial charge in [-0.3, -0.25) is 9.78 Å². The summed E-state index contributed by atoms with van der Waals surface area (Å²) in [6, 6.07) is 3.76. The summed E-state index contributed by atoms with van der Waals surface area (Å²) >= 11 is 0. The van der Waals surface area contributed by atoms with E-state index in [1.54, 1.807) is 6.20 Å². The smallest absolute Gasteiger partial charge is 0.255 e. The average molecular weight is 273 g/mol. The summed E-state index contributed by atoms with van der Waals surface area (Å²) in [4.78, 5) is 21.2. The molecule has 0 radical (unpaired) electrons. The normalized spacial score (nSPS) is 23.8. The van der Waals surface area contributed by atoms with Crippen LogP contribution < -0.4 is 0 Å². The van der Waals surface area contributed by atoms with E-state index in [2.05, 4.69) is 9.88 Å². The van der Waals surface area contributed by atoms with Gasteiger partial charge in [-0.25, -0.2) is 0 Å². The van der Waals surface area contributed by atoms with Crippen LogP contribution in [0.5, 0.6) is 0 Å². The van der Waals surface area contributed by atoms with Gasteiger partial charge in [-0.15, -0.1) is 0 Å². The minimum Gasteiger partial charge on any atom is -0.341 e. The van der Waals surface area contributed by atoms with Gasteiger partial charge in [0, 0.05) is 19.8 Å². The van der Waals surface area contributed by atoms with Crippen LogP contribution in [0.25, 0.3) is 0 Å². The van der Waals surface area contributed by atoms with Crippen LogP contribution >= 0.6 is 0 Å². The second kappa shape index (κ2) is 5.92. The quantitative estimate of drug-likeness (QED) is 0.843. The van der Waals surface area contributed by atoms with Crippen molar-refractivity contribution in [3.05, 3.63) is 29.6 Å². The number of amides is 1. The van der Waals surface area contributed by atoms with E-state index in [0.717, 1.165) is 37.2 Å². The number of hydrogen-bond donors (Lipinski definition) is 0. The lowest BCUT2D eigenvalue weighted by Crippen LogP contribution is -2.31. The fraction of sp³-hybridized carbons (Fsp3) is 0.625. The maximum atomic E-state index is 12.3. The molecule has 1 saturated heterocycles. The zero-order valence-electron chi connectivity index (χ0n) is 12.2. The van der Waals surface area contributed by atoms with Gasteiger partial charge in [-0.1, -0.05) is 0 Å². The molecule has 0 saturated carbocycles. The third-order valence-electron chi connectivity index (χ3n) is 4.53. The Labute approximate surface area is 120 Å². The highest BCUT2D eigenvalue weighted by molar-refractivity contribution is 5.95. The molecule has 0 aromatic carbocycles. The summed E-state index contributed by atoms with van der Waals surface area (Å²) in [6.45, 7) is 4.50. The van der Waals surface area contributed by atoms with E-state index in [1.165, 1.54) is 25.9 Å². The third kappa shape index (κ3) is 2.85. The highest BCUT2D eigenvalue weighted by atomic mass is 16.2. The molecule has 0 spiro atoms. The Hall–Kier alpha value is -1.42. The molecule has 4 nitrogen and oxygen atoms in total. The number of pyridine rings is 1. The first-order chi connectivity index (χ1) is 9.74. The molecule has 1 unspecified atom stereocenters. The minimum atomic E-state index is 0.122. The molecule has 1 aromatic heterocycles. The van der Waals surface area contributed by atoms with E-state index in [1.807, 2.05) is 24.1 Å². The van der Waals surface area contributed by atoms with E-state index >= 15 is 0 Å². The summed E-state index contributed by atoms with van der Waals surface area (Å²) in [5, 5.41) is 0. The Bertz CT molecular complexity index is 482. The number of hydrogen-bond acceptors (Lipinski definition) is 3. The summed E-state index contributed by atoms with van der Waals surface area (Å²) < 4.78 is 0. The van der Waals surface area contributed by atoms with E-state index in [9.17, 15) is 4.79 Å². The van der Waals surface area contributed by atoms with Crippen LogP contribution in [0.4, 0.5) is 0 Å². The lowest BCUT2D eigenvalue weighted by Gasteiger charge is -2.22. The van der Waals surface area contributed by atoms with Crippen molar-refractivity contribution in [1.29, 1.82) is 0 Å². The van der Waals surface area contributed by atoms with E-state index < -0.39 is 0 Å². The molecule has 20 heavy (non-hydrogen) atoms. The van der Waals surface area contributed by atoms with Crippen molar-refractivity contribution in [2.24, 2.45) is 5.92 Å². The predicted octanol–water partition coefficient (Wildman–Crippen LogP) is 1.81. The molecule has 1 aromatic rings. The molecule has 1 atom stereocenters. The van der Waals surface area contributed by atoms with Crippen LogP contribution in [0.2, 0.25) is 0 Å². The van der Waals surface area contributed by atoms with Gasteiger partial charge in [0.05, 0.1) is 11.3 Å². The largest absolute Gasteiger partial charge is 0.341 e. The fourth-order valence-corrected chi connectivity index (χ4v) is 3.37. The van der Waals surface area contributed by atoms with Gasteiger partial charge in [-0.05, 0) is 63.4 Å². The first kappa shape index (κ1) is 13.6. The molecule has 2 aliphatic rings. The van der Waals surface area contributed by atoms with Crippen molar-refractivity contribution in [3.63, 3.8) is 0 Å². The first-order valence-corrected chi connectivity index (χ1v) is 7.66. The van der Waals surface area contributed by atoms with Crippen molar-refractivity contribution in [1.82, 2.24) is 14.8 Å². The Balaban J connectivity index is 1.69. The van der Waals surface area contributed by atoms with Gasteiger partial charge >= 0.3 is 0 Å². The topological polar surface area (TPSA) is 36.4 Å². The maximum Gasteiger partial charge on any atom is 0.255 e. The number of fused-ring (bicyclic) bond motifs is 1. The summed E-state index contributed by atoms with van der Waals surface area (Å²) in [6.07, 6.45) is 6.57. The molecule has 0 aliphatic carbocycles. The Kier molecular flexibility index (Phi) is 4.01. The van der Waals surface area contributed by atoms with Crippen molar-refractivity contribution < 1.29 is 4.79 Å². The molecular weight excluding hydrogens is 250 g/mol. The molecule has 1 fully saturated rings. The van der Waals surface area contributed by atoms with Crippen molar-refractivity contribution >= 4 is 5.91 Å². The Morgan fingerprint density at radius 2 is 2.15 bits per heavy atom. The van der Waals surface area contributed by atoms with Crippen molar-refractivity contribution in [2.45, 2.75) is 25.7 Å². The fourth-order valence-electron chi connectivity index (χ4n) is 3.37. The van der Waals surface area contributed by atoms with Gasteiger partial charge in [-0.2, -0.15) is 0 Å². The second-order valence-corrected chi connectivity index (χ2v) is 6.09. The highest BCUT2D eigenvalue weighted by Crippen LogP contribution is 2.22. The molecule has 2 aliphatic heterocycles. The van der Waals surface area contributed by atoms with Gasteiger partial charge < -0.3 is 9.80 Å². The lowest BCUT2D eigenvalue weighted by atomic mass is 9.98. The summed E-state index contributed by atoms with van der Waals surface area (Å²) in [5.41, 5.74) is 1.77. The Morgan fingerprint density at radius 1 is 1.35 bits per heavy atom. The number of aromatic nitrogens is 1. The van der Waals surface area contributed by atoms with Crippen LogP contribution in [0.1, 0.15) is 35.3 Å². The van der Waals surface area contributed by atoms with Gasteiger partial charge in [0.25, 0.3) is 5.91 Å². The standard InChI is InChI=1S/C16H23N3O/c1-18-12-13(6-10-19-8-2-3-9-19)11-15-14(16(18)20)5-4-7-17-15/h4-5,7,13H,2-3,6,8-12H2,1H3. The van der Waals surface area contributed by atoms with Gasteiger partial charge in [0.1, 0.15) is 0 Å². The number of likely N-dealkylation sites (tertiary alicyclic amines) is 1. The summed E-state index contributed by atoms with van der Waals surface area (Å²) in [5.74, 6) is 0.650. The second-order valence-electron chi connectivity index (χ2n) is 6.09. The molecule has 3 heterocycles. The van der Waals surface area contributed by atoms with Crippen LogP contribution in [0, 0.1) is 5.92 Å². The molecule has 108 valence electrons. The molecular formula is C16H23N3O. The third-order valence-corrected chi connectivity index (χ3v) is 4.53. The van der Waals surface area contributed by atoms with E-state index in [-0.39, 0.29) is 5.91 Å². The van der Waals surface area contributed by atoms with Crippen LogP contribution in [0.15, 0.2) is 18.3 Å². The number of carbonyl (C=O) groups is 1. The molecule has 1 amide bonds. The zero-order valence-corrected chi connectivity index (χ0v) is 12.2. The SMILES string of the molecule is CN1CC(CCN2CCCC2)Cc2ncccc2C1=O. The van der Waals surface area contributed by atoms with Gasteiger partial charge in [0.15, 0.2) is 0 Å². The van der Waals surface area contributed by atoms with Crippen molar-refractivity contribution in [2.75, 3.05) is 33.2 Å². The van der Waals surface area contributed by atoms with Gasteiger partial charge in [0.2, 0.25) is 0 Å². The minimum absolute atomic E-state index is 0.122. The van der Waals surface area contributed by atoms with Crippen molar-refractivity contribution in [3.8, 4) is 0 Å². The first-order valence-electron chi connectivity index (χ1n) is 7.66. The van der Waals surface area contributed by atoms with Crippen LogP contribution in [0.3, 0.4) is 0 Å². The number of rotatable bonds is 3. The predicted molar refractivity (Wildman–Crippen MR) is 78.7 cm³/mol. The van der Waals surface area contributed by atoms with Crippen LogP contribution in [-0.2, 0) is 6.42 Å². The highest BCUT2D eigenvalue weighted by Gasteiger charge is 2.26. The number of nitrogens with zero attached hydrogens (tertiary/aromatic N) is 3. The maximum absolute atomic E-state index is 12.3.